The van der Waals surface area contributed by atoms with Crippen molar-refractivity contribution in [3.8, 4) is 0 Å². The number of rotatable bonds is 4. The van der Waals surface area contributed by atoms with Gasteiger partial charge in [0, 0.05) is 49.9 Å². The zero-order valence-corrected chi connectivity index (χ0v) is 14.8. The third kappa shape index (κ3) is 3.11. The molecule has 0 aromatic carbocycles. The average Bonchev–Trinajstić information content (AvgIpc) is 3.26. The standard InChI is InChI=1S/C18H27N5O2/c1-12-6-16(24)22-15(21-12)8-20-17(25)18-10-19-7-13(18)9-23(11-18)14-4-2-3-5-14/h6,13-14,19H,2-5,7-11H2,1H3,(H,20,25)(H,21,22,24)/t13-,18-/m1/s1. The lowest BCUT2D eigenvalue weighted by Gasteiger charge is -2.29. The van der Waals surface area contributed by atoms with Crippen molar-refractivity contribution in [3.63, 3.8) is 0 Å². The van der Waals surface area contributed by atoms with E-state index < -0.39 is 0 Å². The Balaban J connectivity index is 1.45. The molecule has 0 unspecified atom stereocenters. The third-order valence-electron chi connectivity index (χ3n) is 6.18. The van der Waals surface area contributed by atoms with Gasteiger partial charge in [-0.1, -0.05) is 12.8 Å². The van der Waals surface area contributed by atoms with E-state index in [-0.39, 0.29) is 23.4 Å². The monoisotopic (exact) mass is 345 g/mol. The Kier molecular flexibility index (Phi) is 4.37. The number of fused-ring (bicyclic) bond motifs is 1. The van der Waals surface area contributed by atoms with Gasteiger partial charge in [-0.05, 0) is 19.8 Å². The van der Waals surface area contributed by atoms with Gasteiger partial charge in [-0.3, -0.25) is 14.5 Å². The summed E-state index contributed by atoms with van der Waals surface area (Å²) >= 11 is 0. The van der Waals surface area contributed by atoms with Crippen LogP contribution in [0.15, 0.2) is 10.9 Å². The van der Waals surface area contributed by atoms with Gasteiger partial charge in [0.25, 0.3) is 5.56 Å². The Hall–Kier alpha value is -1.73. The molecule has 136 valence electrons. The summed E-state index contributed by atoms with van der Waals surface area (Å²) in [5.41, 5.74) is 0.149. The Morgan fingerprint density at radius 1 is 1.44 bits per heavy atom. The van der Waals surface area contributed by atoms with Gasteiger partial charge in [0.05, 0.1) is 12.0 Å². The number of hydrogen-bond acceptors (Lipinski definition) is 5. The Bertz CT molecular complexity index is 712. The van der Waals surface area contributed by atoms with Crippen molar-refractivity contribution in [1.82, 2.24) is 25.5 Å². The minimum atomic E-state index is -0.341. The lowest BCUT2D eigenvalue weighted by Crippen LogP contribution is -2.48. The van der Waals surface area contributed by atoms with E-state index in [0.29, 0.717) is 23.5 Å². The van der Waals surface area contributed by atoms with E-state index in [9.17, 15) is 9.59 Å². The maximum Gasteiger partial charge on any atom is 0.251 e. The number of hydrogen-bond donors (Lipinski definition) is 3. The summed E-state index contributed by atoms with van der Waals surface area (Å²) < 4.78 is 0. The highest BCUT2D eigenvalue weighted by Gasteiger charge is 2.55. The number of aromatic amines is 1. The first kappa shape index (κ1) is 16.7. The number of carbonyl (C=O) groups is 1. The largest absolute Gasteiger partial charge is 0.348 e. The fourth-order valence-corrected chi connectivity index (χ4v) is 4.89. The van der Waals surface area contributed by atoms with Crippen molar-refractivity contribution in [1.29, 1.82) is 0 Å². The van der Waals surface area contributed by atoms with Crippen LogP contribution in [-0.2, 0) is 11.3 Å². The summed E-state index contributed by atoms with van der Waals surface area (Å²) in [6.07, 6.45) is 5.17. The molecule has 1 amide bonds. The van der Waals surface area contributed by atoms with Crippen molar-refractivity contribution < 1.29 is 4.79 Å². The molecule has 1 saturated carbocycles. The molecule has 7 heteroatoms. The predicted octanol–water partition coefficient (Wildman–Crippen LogP) is 0.159. The second-order valence-electron chi connectivity index (χ2n) is 7.87. The van der Waals surface area contributed by atoms with E-state index in [1.807, 2.05) is 0 Å². The fourth-order valence-electron chi connectivity index (χ4n) is 4.89. The van der Waals surface area contributed by atoms with Gasteiger partial charge in [-0.2, -0.15) is 0 Å². The summed E-state index contributed by atoms with van der Waals surface area (Å²) in [4.78, 5) is 34.2. The molecule has 0 bridgehead atoms. The van der Waals surface area contributed by atoms with Crippen LogP contribution in [-0.4, -0.2) is 53.0 Å². The molecule has 1 aromatic heterocycles. The zero-order valence-electron chi connectivity index (χ0n) is 14.8. The molecule has 3 fully saturated rings. The molecule has 1 aromatic rings. The molecule has 0 spiro atoms. The number of nitrogens with one attached hydrogen (secondary N) is 3. The number of aryl methyl sites for hydroxylation is 1. The molecule has 25 heavy (non-hydrogen) atoms. The van der Waals surface area contributed by atoms with E-state index in [2.05, 4.69) is 25.5 Å². The number of nitrogens with zero attached hydrogens (tertiary/aromatic N) is 2. The van der Waals surface area contributed by atoms with Crippen LogP contribution in [0.5, 0.6) is 0 Å². The molecular weight excluding hydrogens is 318 g/mol. The minimum Gasteiger partial charge on any atom is -0.348 e. The van der Waals surface area contributed by atoms with Crippen molar-refractivity contribution in [3.05, 3.63) is 27.9 Å². The highest BCUT2D eigenvalue weighted by molar-refractivity contribution is 5.84. The quantitative estimate of drug-likeness (QED) is 0.723. The predicted molar refractivity (Wildman–Crippen MR) is 94.1 cm³/mol. The lowest BCUT2D eigenvalue weighted by atomic mass is 9.80. The van der Waals surface area contributed by atoms with Crippen LogP contribution in [0.2, 0.25) is 0 Å². The van der Waals surface area contributed by atoms with Gasteiger partial charge >= 0.3 is 0 Å². The van der Waals surface area contributed by atoms with E-state index in [1.54, 1.807) is 6.92 Å². The van der Waals surface area contributed by atoms with Crippen molar-refractivity contribution in [2.24, 2.45) is 11.3 Å². The van der Waals surface area contributed by atoms with Crippen LogP contribution in [0.25, 0.3) is 0 Å². The minimum absolute atomic E-state index is 0.0900. The highest BCUT2D eigenvalue weighted by Crippen LogP contribution is 2.42. The summed E-state index contributed by atoms with van der Waals surface area (Å²) in [5, 5.41) is 6.44. The number of likely N-dealkylation sites (tertiary alicyclic amines) is 1. The summed E-state index contributed by atoms with van der Waals surface area (Å²) in [7, 11) is 0. The molecular formula is C18H27N5O2. The van der Waals surface area contributed by atoms with Crippen LogP contribution in [0.4, 0.5) is 0 Å². The second-order valence-corrected chi connectivity index (χ2v) is 7.87. The van der Waals surface area contributed by atoms with Gasteiger partial charge in [0.2, 0.25) is 5.91 Å². The molecule has 2 atom stereocenters. The summed E-state index contributed by atoms with van der Waals surface area (Å²) in [6.45, 7) is 5.57. The molecule has 3 aliphatic rings. The van der Waals surface area contributed by atoms with Crippen molar-refractivity contribution in [2.45, 2.75) is 45.2 Å². The van der Waals surface area contributed by atoms with Crippen molar-refractivity contribution >= 4 is 5.91 Å². The van der Waals surface area contributed by atoms with Crippen LogP contribution in [0, 0.1) is 18.3 Å². The molecule has 4 rings (SSSR count). The van der Waals surface area contributed by atoms with E-state index in [0.717, 1.165) is 26.2 Å². The van der Waals surface area contributed by atoms with Crippen LogP contribution in [0.3, 0.4) is 0 Å². The maximum absolute atomic E-state index is 13.1. The first-order valence-electron chi connectivity index (χ1n) is 9.37. The van der Waals surface area contributed by atoms with Crippen molar-refractivity contribution in [2.75, 3.05) is 26.2 Å². The third-order valence-corrected chi connectivity index (χ3v) is 6.18. The van der Waals surface area contributed by atoms with Crippen LogP contribution < -0.4 is 16.2 Å². The Labute approximate surface area is 147 Å². The molecule has 2 saturated heterocycles. The maximum atomic E-state index is 13.1. The van der Waals surface area contributed by atoms with Gasteiger partial charge in [-0.25, -0.2) is 4.98 Å². The lowest BCUT2D eigenvalue weighted by molar-refractivity contribution is -0.131. The van der Waals surface area contributed by atoms with E-state index >= 15 is 0 Å². The SMILES string of the molecule is Cc1cc(=O)[nH]c(CNC(=O)[C@@]23CNC[C@@H]2CN(C2CCCC2)C3)n1. The van der Waals surface area contributed by atoms with E-state index in [4.69, 9.17) is 0 Å². The number of H-pyrrole nitrogens is 1. The molecule has 2 aliphatic heterocycles. The summed E-state index contributed by atoms with van der Waals surface area (Å²) in [5.74, 6) is 0.979. The summed E-state index contributed by atoms with van der Waals surface area (Å²) in [6, 6.07) is 2.11. The number of aromatic nitrogens is 2. The van der Waals surface area contributed by atoms with Gasteiger partial charge in [0.15, 0.2) is 0 Å². The Morgan fingerprint density at radius 2 is 2.24 bits per heavy atom. The highest BCUT2D eigenvalue weighted by atomic mass is 16.2. The zero-order chi connectivity index (χ0) is 17.4. The number of carbonyl (C=O) groups excluding carboxylic acids is 1. The second kappa shape index (κ2) is 6.53. The van der Waals surface area contributed by atoms with E-state index in [1.165, 1.54) is 31.7 Å². The fraction of sp³-hybridized carbons (Fsp3) is 0.722. The van der Waals surface area contributed by atoms with Crippen LogP contribution in [0.1, 0.15) is 37.2 Å². The molecule has 7 nitrogen and oxygen atoms in total. The first-order valence-corrected chi connectivity index (χ1v) is 9.37. The average molecular weight is 345 g/mol. The normalized spacial score (nSPS) is 29.9. The first-order chi connectivity index (χ1) is 12.1. The smallest absolute Gasteiger partial charge is 0.251 e. The molecule has 0 radical (unpaired) electrons. The number of amides is 1. The Morgan fingerprint density at radius 3 is 3.00 bits per heavy atom. The van der Waals surface area contributed by atoms with Gasteiger partial charge in [-0.15, -0.1) is 0 Å². The van der Waals surface area contributed by atoms with Gasteiger partial charge < -0.3 is 15.6 Å². The molecule has 3 heterocycles. The molecule has 1 aliphatic carbocycles. The van der Waals surface area contributed by atoms with Gasteiger partial charge in [0.1, 0.15) is 5.82 Å². The molecule has 3 N–H and O–H groups in total. The van der Waals surface area contributed by atoms with Crippen LogP contribution >= 0.6 is 0 Å². The topological polar surface area (TPSA) is 90.1 Å².